The van der Waals surface area contributed by atoms with E-state index in [-0.39, 0.29) is 0 Å². The molecule has 5 heteroatoms. The molecule has 1 aliphatic rings. The first kappa shape index (κ1) is 13.0. The number of nitrogens with zero attached hydrogens (tertiary/aromatic N) is 2. The highest BCUT2D eigenvalue weighted by Gasteiger charge is 2.27. The van der Waals surface area contributed by atoms with E-state index >= 15 is 0 Å². The van der Waals surface area contributed by atoms with Crippen LogP contribution in [0.4, 0.5) is 5.82 Å². The quantitative estimate of drug-likeness (QED) is 0.917. The fraction of sp³-hybridized carbons (Fsp3) is 0.400. The van der Waals surface area contributed by atoms with Crippen LogP contribution in [0.5, 0.6) is 11.5 Å². The summed E-state index contributed by atoms with van der Waals surface area (Å²) in [5.74, 6) is 3.03. The van der Waals surface area contributed by atoms with Gasteiger partial charge in [0.15, 0.2) is 11.5 Å². The predicted molar refractivity (Wildman–Crippen MR) is 79.6 cm³/mol. The monoisotopic (exact) mass is 273 g/mol. The zero-order valence-corrected chi connectivity index (χ0v) is 11.8. The van der Waals surface area contributed by atoms with Crippen molar-refractivity contribution in [1.82, 2.24) is 4.98 Å². The summed E-state index contributed by atoms with van der Waals surface area (Å²) >= 11 is 0. The molecular weight excluding hydrogens is 254 g/mol. The summed E-state index contributed by atoms with van der Waals surface area (Å²) in [5, 5.41) is 2.18. The molecule has 1 aromatic carbocycles. The number of ether oxygens (including phenoxy) is 2. The summed E-state index contributed by atoms with van der Waals surface area (Å²) in [4.78, 5) is 6.77. The van der Waals surface area contributed by atoms with Crippen LogP contribution >= 0.6 is 0 Å². The van der Waals surface area contributed by atoms with Crippen LogP contribution in [0.15, 0.2) is 24.4 Å². The number of benzene rings is 1. The number of nitrogens with two attached hydrogens (primary N) is 1. The number of anilines is 1. The molecular formula is C15H19N3O2. The average Bonchev–Trinajstić information content (AvgIpc) is 2.44. The van der Waals surface area contributed by atoms with Crippen LogP contribution < -0.4 is 20.1 Å². The number of hydrogen-bond acceptors (Lipinski definition) is 5. The van der Waals surface area contributed by atoms with Crippen molar-refractivity contribution in [1.29, 1.82) is 0 Å². The number of aromatic nitrogens is 1. The topological polar surface area (TPSA) is 60.6 Å². The average molecular weight is 273 g/mol. The Morgan fingerprint density at radius 3 is 2.60 bits per heavy atom. The molecule has 0 unspecified atom stereocenters. The molecule has 1 saturated heterocycles. The van der Waals surface area contributed by atoms with Gasteiger partial charge in [0.05, 0.1) is 14.2 Å². The largest absolute Gasteiger partial charge is 0.493 e. The Bertz CT molecular complexity index is 624. The van der Waals surface area contributed by atoms with Gasteiger partial charge in [-0.05, 0) is 30.1 Å². The minimum absolute atomic E-state index is 0.576. The minimum Gasteiger partial charge on any atom is -0.493 e. The lowest BCUT2D eigenvalue weighted by atomic mass is 9.99. The maximum absolute atomic E-state index is 5.69. The second kappa shape index (κ2) is 5.17. The van der Waals surface area contributed by atoms with E-state index in [1.54, 1.807) is 14.2 Å². The Hall–Kier alpha value is -2.01. The van der Waals surface area contributed by atoms with Gasteiger partial charge in [0.2, 0.25) is 0 Å². The van der Waals surface area contributed by atoms with Crippen LogP contribution in [0.1, 0.15) is 0 Å². The molecule has 2 heterocycles. The fourth-order valence-electron chi connectivity index (χ4n) is 2.63. The van der Waals surface area contributed by atoms with Gasteiger partial charge in [-0.15, -0.1) is 0 Å². The van der Waals surface area contributed by atoms with E-state index in [0.717, 1.165) is 47.7 Å². The number of rotatable bonds is 4. The van der Waals surface area contributed by atoms with E-state index in [1.807, 2.05) is 24.4 Å². The van der Waals surface area contributed by atoms with Crippen LogP contribution in [0.2, 0.25) is 0 Å². The Kier molecular flexibility index (Phi) is 3.36. The molecule has 1 aromatic heterocycles. The van der Waals surface area contributed by atoms with E-state index in [0.29, 0.717) is 5.92 Å². The van der Waals surface area contributed by atoms with Crippen LogP contribution in [-0.4, -0.2) is 38.8 Å². The van der Waals surface area contributed by atoms with Crippen molar-refractivity contribution < 1.29 is 9.47 Å². The van der Waals surface area contributed by atoms with E-state index < -0.39 is 0 Å². The molecule has 20 heavy (non-hydrogen) atoms. The molecule has 2 N–H and O–H groups in total. The summed E-state index contributed by atoms with van der Waals surface area (Å²) in [6.07, 6.45) is 1.83. The van der Waals surface area contributed by atoms with Gasteiger partial charge >= 0.3 is 0 Å². The maximum atomic E-state index is 5.69. The van der Waals surface area contributed by atoms with Gasteiger partial charge < -0.3 is 20.1 Å². The second-order valence-electron chi connectivity index (χ2n) is 5.07. The lowest BCUT2D eigenvalue weighted by Crippen LogP contribution is -2.50. The zero-order chi connectivity index (χ0) is 14.1. The van der Waals surface area contributed by atoms with Gasteiger partial charge in [-0.3, -0.25) is 0 Å². The van der Waals surface area contributed by atoms with Crippen molar-refractivity contribution in [3.05, 3.63) is 24.4 Å². The molecule has 0 spiro atoms. The van der Waals surface area contributed by atoms with Gasteiger partial charge in [-0.1, -0.05) is 0 Å². The summed E-state index contributed by atoms with van der Waals surface area (Å²) in [6, 6.07) is 5.97. The number of fused-ring (bicyclic) bond motifs is 1. The van der Waals surface area contributed by atoms with Crippen molar-refractivity contribution in [2.45, 2.75) is 0 Å². The Morgan fingerprint density at radius 1 is 1.25 bits per heavy atom. The highest BCUT2D eigenvalue weighted by molar-refractivity contribution is 5.94. The zero-order valence-electron chi connectivity index (χ0n) is 11.8. The predicted octanol–water partition coefficient (Wildman–Crippen LogP) is 1.65. The van der Waals surface area contributed by atoms with Crippen molar-refractivity contribution in [2.75, 3.05) is 38.8 Å². The molecule has 0 atom stereocenters. The highest BCUT2D eigenvalue weighted by Crippen LogP contribution is 2.37. The standard InChI is InChI=1S/C15H19N3O2/c1-19-13-5-11-3-4-17-15(12(11)6-14(13)20-2)18-8-10(7-16)9-18/h3-6,10H,7-9,16H2,1-2H3. The number of hydrogen-bond donors (Lipinski definition) is 1. The van der Waals surface area contributed by atoms with Crippen molar-refractivity contribution >= 4 is 16.6 Å². The van der Waals surface area contributed by atoms with Crippen molar-refractivity contribution in [3.8, 4) is 11.5 Å². The summed E-state index contributed by atoms with van der Waals surface area (Å²) in [5.41, 5.74) is 5.69. The molecule has 0 saturated carbocycles. The first-order chi connectivity index (χ1) is 9.76. The molecule has 3 rings (SSSR count). The Morgan fingerprint density at radius 2 is 1.95 bits per heavy atom. The molecule has 106 valence electrons. The normalized spacial score (nSPS) is 15.2. The summed E-state index contributed by atoms with van der Waals surface area (Å²) < 4.78 is 10.7. The smallest absolute Gasteiger partial charge is 0.161 e. The molecule has 0 radical (unpaired) electrons. The first-order valence-electron chi connectivity index (χ1n) is 6.72. The molecule has 0 amide bonds. The molecule has 2 aromatic rings. The van der Waals surface area contributed by atoms with E-state index in [2.05, 4.69) is 9.88 Å². The van der Waals surface area contributed by atoms with Gasteiger partial charge in [0.1, 0.15) is 5.82 Å². The third-order valence-electron chi connectivity index (χ3n) is 3.84. The van der Waals surface area contributed by atoms with E-state index in [9.17, 15) is 0 Å². The van der Waals surface area contributed by atoms with Gasteiger partial charge in [0.25, 0.3) is 0 Å². The van der Waals surface area contributed by atoms with Crippen molar-refractivity contribution in [3.63, 3.8) is 0 Å². The summed E-state index contributed by atoms with van der Waals surface area (Å²) in [6.45, 7) is 2.67. The summed E-state index contributed by atoms with van der Waals surface area (Å²) in [7, 11) is 3.29. The SMILES string of the molecule is COc1cc2ccnc(N3CC(CN)C3)c2cc1OC. The van der Waals surface area contributed by atoms with E-state index in [4.69, 9.17) is 15.2 Å². The van der Waals surface area contributed by atoms with Gasteiger partial charge in [-0.25, -0.2) is 4.98 Å². The lowest BCUT2D eigenvalue weighted by molar-refractivity contribution is 0.356. The van der Waals surface area contributed by atoms with Crippen LogP contribution in [-0.2, 0) is 0 Å². The minimum atomic E-state index is 0.576. The third kappa shape index (κ3) is 2.04. The highest BCUT2D eigenvalue weighted by atomic mass is 16.5. The lowest BCUT2D eigenvalue weighted by Gasteiger charge is -2.40. The number of pyridine rings is 1. The number of methoxy groups -OCH3 is 2. The van der Waals surface area contributed by atoms with Crippen molar-refractivity contribution in [2.24, 2.45) is 11.7 Å². The molecule has 5 nitrogen and oxygen atoms in total. The molecule has 0 bridgehead atoms. The Labute approximate surface area is 118 Å². The van der Waals surface area contributed by atoms with E-state index in [1.165, 1.54) is 0 Å². The maximum Gasteiger partial charge on any atom is 0.161 e. The Balaban J connectivity index is 2.05. The van der Waals surface area contributed by atoms with Gasteiger partial charge in [0, 0.05) is 30.6 Å². The second-order valence-corrected chi connectivity index (χ2v) is 5.07. The van der Waals surface area contributed by atoms with Crippen LogP contribution in [0, 0.1) is 5.92 Å². The van der Waals surface area contributed by atoms with Crippen LogP contribution in [0.25, 0.3) is 10.8 Å². The third-order valence-corrected chi connectivity index (χ3v) is 3.84. The van der Waals surface area contributed by atoms with Crippen LogP contribution in [0.3, 0.4) is 0 Å². The van der Waals surface area contributed by atoms with Gasteiger partial charge in [-0.2, -0.15) is 0 Å². The molecule has 0 aliphatic carbocycles. The first-order valence-corrected chi connectivity index (χ1v) is 6.72. The fourth-order valence-corrected chi connectivity index (χ4v) is 2.63. The molecule has 1 aliphatic heterocycles. The molecule has 1 fully saturated rings.